The van der Waals surface area contributed by atoms with E-state index in [-0.39, 0.29) is 37.6 Å². The zero-order valence-corrected chi connectivity index (χ0v) is 27.6. The Labute approximate surface area is 266 Å². The molecule has 4 rings (SSSR count). The molecule has 0 saturated carbocycles. The van der Waals surface area contributed by atoms with Crippen LogP contribution in [0.3, 0.4) is 0 Å². The number of carbonyl (C=O) groups is 2. The normalized spacial score (nSPS) is 16.8. The number of thiophene rings is 1. The van der Waals surface area contributed by atoms with E-state index >= 15 is 0 Å². The molecule has 1 aliphatic heterocycles. The molecule has 211 valence electrons. The molecular weight excluding hydrogens is 621 g/mol. The van der Waals surface area contributed by atoms with E-state index in [0.29, 0.717) is 35.7 Å². The van der Waals surface area contributed by atoms with Gasteiger partial charge in [-0.05, 0) is 42.7 Å². The minimum atomic E-state index is -4.37. The Bertz CT molecular complexity index is 1380. The molecule has 0 aliphatic carbocycles. The third-order valence-electron chi connectivity index (χ3n) is 7.44. The molecule has 3 aromatic rings. The molecule has 7 nitrogen and oxygen atoms in total. The first-order valence-corrected chi connectivity index (χ1v) is 15.6. The third-order valence-corrected chi connectivity index (χ3v) is 9.98. The summed E-state index contributed by atoms with van der Waals surface area (Å²) in [6, 6.07) is 16.7. The molecule has 0 bridgehead atoms. The van der Waals surface area contributed by atoms with Crippen molar-refractivity contribution in [1.82, 2.24) is 4.31 Å². The van der Waals surface area contributed by atoms with Gasteiger partial charge in [0.25, 0.3) is 15.9 Å². The fraction of sp³-hybridized carbons (Fsp3) is 0.400. The summed E-state index contributed by atoms with van der Waals surface area (Å²) in [6.45, 7) is 6.04. The van der Waals surface area contributed by atoms with Crippen molar-refractivity contribution < 1.29 is 55.8 Å². The number of anilines is 1. The van der Waals surface area contributed by atoms with Crippen molar-refractivity contribution in [3.63, 3.8) is 0 Å². The van der Waals surface area contributed by atoms with Crippen LogP contribution < -0.4 is 4.90 Å². The first-order chi connectivity index (χ1) is 18.6. The van der Waals surface area contributed by atoms with Gasteiger partial charge < -0.3 is 16.4 Å². The van der Waals surface area contributed by atoms with Crippen molar-refractivity contribution in [2.45, 2.75) is 81.8 Å². The van der Waals surface area contributed by atoms with Gasteiger partial charge in [0.1, 0.15) is 6.04 Å². The fourth-order valence-corrected chi connectivity index (χ4v) is 6.94. The van der Waals surface area contributed by atoms with Crippen LogP contribution in [0.2, 0.25) is 0 Å². The number of benzene rings is 2. The Morgan fingerprint density at radius 1 is 1.02 bits per heavy atom. The Morgan fingerprint density at radius 3 is 2.30 bits per heavy atom. The summed E-state index contributed by atoms with van der Waals surface area (Å²) in [7, 11) is -4.37. The van der Waals surface area contributed by atoms with Gasteiger partial charge in [-0.15, -0.1) is 14.6 Å². The molecule has 3 amide bonds. The summed E-state index contributed by atoms with van der Waals surface area (Å²) >= 11 is 1.50. The standard InChI is InChI=1S/C30H35N2O5S2.Y/c1-4-5-16-27(33)30(2,3)22-17-19-23(20-18-22)31-26(15-9-11-24-12-10-21-38-24)28(34)32(29(31)35)39(36,37)25-13-7-6-8-14-25;/h6-8,10,12-14,17-20,26-27,33H,4-5,9,11,15-16H2,1-3H3;/q-1;. The van der Waals surface area contributed by atoms with E-state index in [1.165, 1.54) is 28.4 Å². The summed E-state index contributed by atoms with van der Waals surface area (Å²) in [5, 5.41) is 13.8. The van der Waals surface area contributed by atoms with Crippen LogP contribution in [0.25, 0.3) is 0 Å². The van der Waals surface area contributed by atoms with E-state index in [1.807, 2.05) is 38.1 Å². The summed E-state index contributed by atoms with van der Waals surface area (Å²) in [4.78, 5) is 29.5. The number of aryl methyl sites for hydroxylation is 1. The van der Waals surface area contributed by atoms with Gasteiger partial charge in [0.2, 0.25) is 0 Å². The number of amides is 3. The Balaban J connectivity index is 0.00000441. The van der Waals surface area contributed by atoms with Gasteiger partial charge in [-0.1, -0.05) is 76.8 Å². The third kappa shape index (κ3) is 6.76. The number of sulfonamides is 1. The van der Waals surface area contributed by atoms with Crippen LogP contribution in [0.1, 0.15) is 63.3 Å². The van der Waals surface area contributed by atoms with E-state index in [2.05, 4.69) is 12.3 Å². The Hall–Kier alpha value is -1.91. The Morgan fingerprint density at radius 2 is 1.70 bits per heavy atom. The van der Waals surface area contributed by atoms with Crippen LogP contribution in [-0.4, -0.2) is 41.9 Å². The summed E-state index contributed by atoms with van der Waals surface area (Å²) in [5.41, 5.74) is 0.821. The van der Waals surface area contributed by atoms with E-state index in [9.17, 15) is 23.1 Å². The molecule has 40 heavy (non-hydrogen) atoms. The van der Waals surface area contributed by atoms with E-state index < -0.39 is 39.5 Å². The summed E-state index contributed by atoms with van der Waals surface area (Å²) < 4.78 is 27.2. The first kappa shape index (κ1) is 32.6. The zero-order valence-electron chi connectivity index (χ0n) is 23.1. The number of aliphatic hydroxyl groups excluding tert-OH is 1. The second-order valence-corrected chi connectivity index (χ2v) is 13.2. The van der Waals surface area contributed by atoms with Gasteiger partial charge in [-0.2, -0.15) is 6.07 Å². The topological polar surface area (TPSA) is 95.0 Å². The molecule has 2 atom stereocenters. The number of carbonyl (C=O) groups excluding carboxylic acids is 2. The molecule has 2 aromatic carbocycles. The largest absolute Gasteiger partial charge is 0.392 e. The second-order valence-electron chi connectivity index (χ2n) is 10.4. The number of rotatable bonds is 12. The van der Waals surface area contributed by atoms with Gasteiger partial charge in [0.05, 0.1) is 11.0 Å². The minimum Gasteiger partial charge on any atom is -0.392 e. The molecule has 0 spiro atoms. The number of hydrogen-bond acceptors (Lipinski definition) is 6. The maximum Gasteiger partial charge on any atom is 0.346 e. The minimum absolute atomic E-state index is 0. The van der Waals surface area contributed by atoms with E-state index in [4.69, 9.17) is 0 Å². The van der Waals surface area contributed by atoms with Gasteiger partial charge in [-0.25, -0.2) is 19.3 Å². The average Bonchev–Trinajstić information content (AvgIpc) is 3.53. The van der Waals surface area contributed by atoms with Crippen LogP contribution in [-0.2, 0) is 59.4 Å². The van der Waals surface area contributed by atoms with Gasteiger partial charge >= 0.3 is 6.03 Å². The second kappa shape index (κ2) is 13.8. The smallest absolute Gasteiger partial charge is 0.346 e. The number of urea groups is 1. The average molecular weight is 657 g/mol. The Kier molecular flexibility index (Phi) is 11.3. The molecule has 1 radical (unpaired) electrons. The quantitative estimate of drug-likeness (QED) is 0.193. The van der Waals surface area contributed by atoms with Crippen molar-refractivity contribution in [1.29, 1.82) is 0 Å². The molecule has 1 fully saturated rings. The molecule has 2 heterocycles. The van der Waals surface area contributed by atoms with Crippen LogP contribution in [0.5, 0.6) is 0 Å². The van der Waals surface area contributed by atoms with Gasteiger partial charge in [-0.3, -0.25) is 9.69 Å². The van der Waals surface area contributed by atoms with Crippen molar-refractivity contribution in [3.8, 4) is 0 Å². The van der Waals surface area contributed by atoms with Crippen LogP contribution in [0.15, 0.2) is 71.6 Å². The molecule has 1 aliphatic rings. The maximum absolute atomic E-state index is 13.7. The van der Waals surface area contributed by atoms with Gasteiger partial charge in [0, 0.05) is 43.8 Å². The molecule has 1 N–H and O–H groups in total. The molecule has 1 aromatic heterocycles. The SMILES string of the molecule is CCCCC(O)C(C)(C)c1ccc(N2C(=O)N(S(=O)(=O)c3ccccc3)C(=O)C2CCCc2cc[c-]s2)cc1.[Y]. The maximum atomic E-state index is 13.7. The molecule has 1 saturated heterocycles. The fourth-order valence-electron chi connectivity index (χ4n) is 4.91. The molecule has 2 unspecified atom stereocenters. The summed E-state index contributed by atoms with van der Waals surface area (Å²) in [5.74, 6) is -0.749. The summed E-state index contributed by atoms with van der Waals surface area (Å²) in [6.07, 6.45) is 3.67. The monoisotopic (exact) mass is 656 g/mol. The predicted octanol–water partition coefficient (Wildman–Crippen LogP) is 5.92. The van der Waals surface area contributed by atoms with Crippen LogP contribution >= 0.6 is 11.3 Å². The number of nitrogens with zero attached hydrogens (tertiary/aromatic N) is 2. The van der Waals surface area contributed by atoms with Crippen molar-refractivity contribution in [3.05, 3.63) is 82.6 Å². The van der Waals surface area contributed by atoms with Crippen LogP contribution in [0, 0.1) is 5.38 Å². The number of aliphatic hydroxyl groups is 1. The zero-order chi connectivity index (χ0) is 28.2. The number of unbranched alkanes of at least 4 members (excludes halogenated alkanes) is 1. The van der Waals surface area contributed by atoms with E-state index in [1.54, 1.807) is 30.3 Å². The van der Waals surface area contributed by atoms with E-state index in [0.717, 1.165) is 23.3 Å². The van der Waals surface area contributed by atoms with Crippen molar-refractivity contribution >= 4 is 39.0 Å². The van der Waals surface area contributed by atoms with Crippen molar-refractivity contribution in [2.24, 2.45) is 0 Å². The first-order valence-electron chi connectivity index (χ1n) is 13.3. The van der Waals surface area contributed by atoms with Crippen molar-refractivity contribution in [2.75, 3.05) is 4.90 Å². The van der Waals surface area contributed by atoms with Crippen LogP contribution in [0.4, 0.5) is 10.5 Å². The van der Waals surface area contributed by atoms with Gasteiger partial charge in [0.15, 0.2) is 0 Å². The predicted molar refractivity (Wildman–Crippen MR) is 153 cm³/mol. The number of imide groups is 1. The molecule has 10 heteroatoms. The number of hydrogen-bond donors (Lipinski definition) is 1. The molecular formula is C30H35N2O5S2Y-.